The van der Waals surface area contributed by atoms with Gasteiger partial charge in [0.1, 0.15) is 11.0 Å². The van der Waals surface area contributed by atoms with E-state index in [1.165, 1.54) is 90.0 Å². The lowest BCUT2D eigenvalue weighted by Gasteiger charge is -2.42. The normalized spacial score (nSPS) is 15.5. The SMILES string of the molecule is CC1(C)c2ccccc2N(c2ccc3c(c2)c2cc(N4c5ccccc5C(C)(C)c5ccccc54)ccc2n3-c2ccc(-n3c4ccc(N5c6ccccc6C(C)(C)c6ccccc65)cc4c4cc(N5c6ccccc6C(C)(C)c6ccccc65)ccc43)c3nc4ccccc4nc23)c2ccccc21. The lowest BCUT2D eigenvalue weighted by Crippen LogP contribution is -2.30. The highest BCUT2D eigenvalue weighted by Crippen LogP contribution is 2.58. The molecule has 4 aliphatic rings. The lowest BCUT2D eigenvalue weighted by atomic mass is 9.73. The molecule has 0 N–H and O–H groups in total. The number of aromatic nitrogens is 4. The third-order valence-corrected chi connectivity index (χ3v) is 24.0. The Hall–Kier alpha value is -12.5. The van der Waals surface area contributed by atoms with Gasteiger partial charge < -0.3 is 28.7 Å². The molecule has 21 rings (SSSR count). The molecule has 3 aromatic heterocycles. The van der Waals surface area contributed by atoms with Gasteiger partial charge in [-0.2, -0.15) is 0 Å². The van der Waals surface area contributed by atoms with Crippen LogP contribution in [0.4, 0.5) is 68.2 Å². The fourth-order valence-electron chi connectivity index (χ4n) is 18.9. The van der Waals surface area contributed by atoms with Crippen molar-refractivity contribution in [2.75, 3.05) is 19.6 Å². The smallest absolute Gasteiger partial charge is 0.116 e. The van der Waals surface area contributed by atoms with Crippen molar-refractivity contribution < 1.29 is 0 Å². The Morgan fingerprint density at radius 1 is 0.202 bits per heavy atom. The second-order valence-electron chi connectivity index (χ2n) is 31.0. The van der Waals surface area contributed by atoms with Crippen LogP contribution in [0.3, 0.4) is 0 Å². The molecule has 7 heterocycles. The molecule has 0 radical (unpaired) electrons. The molecule has 0 aliphatic carbocycles. The van der Waals surface area contributed by atoms with Crippen molar-refractivity contribution in [3.63, 3.8) is 0 Å². The van der Waals surface area contributed by atoms with Gasteiger partial charge in [0.25, 0.3) is 0 Å². The molecule has 104 heavy (non-hydrogen) atoms. The molecule has 4 aliphatic heterocycles. The first-order valence-corrected chi connectivity index (χ1v) is 36.5. The zero-order valence-electron chi connectivity index (χ0n) is 59.4. The van der Waals surface area contributed by atoms with E-state index in [9.17, 15) is 0 Å². The van der Waals surface area contributed by atoms with Crippen molar-refractivity contribution in [3.8, 4) is 11.4 Å². The predicted octanol–water partition coefficient (Wildman–Crippen LogP) is 25.4. The molecule has 0 atom stereocenters. The van der Waals surface area contributed by atoms with E-state index in [1.807, 2.05) is 0 Å². The molecule has 0 saturated carbocycles. The molecule has 17 aromatic rings. The van der Waals surface area contributed by atoms with Crippen LogP contribution in [-0.2, 0) is 21.7 Å². The van der Waals surface area contributed by atoms with Crippen molar-refractivity contribution >= 4 is 134 Å². The molecule has 8 nitrogen and oxygen atoms in total. The van der Waals surface area contributed by atoms with E-state index in [-0.39, 0.29) is 21.7 Å². The van der Waals surface area contributed by atoms with E-state index >= 15 is 0 Å². The molecule has 0 bridgehead atoms. The van der Waals surface area contributed by atoms with E-state index in [1.54, 1.807) is 0 Å². The summed E-state index contributed by atoms with van der Waals surface area (Å²) < 4.78 is 4.93. The molecule has 498 valence electrons. The zero-order chi connectivity index (χ0) is 69.9. The number of hydrogen-bond donors (Lipinski definition) is 0. The van der Waals surface area contributed by atoms with Crippen LogP contribution in [0.25, 0.3) is 77.1 Å². The number of fused-ring (bicyclic) bond motifs is 16. The number of anilines is 12. The molecule has 0 spiro atoms. The average molecular weight is 1340 g/mol. The van der Waals surface area contributed by atoms with Gasteiger partial charge in [-0.3, -0.25) is 0 Å². The summed E-state index contributed by atoms with van der Waals surface area (Å²) in [6, 6.07) is 113. The van der Waals surface area contributed by atoms with Crippen LogP contribution in [0.2, 0.25) is 0 Å². The Kier molecular flexibility index (Phi) is 12.5. The second-order valence-corrected chi connectivity index (χ2v) is 31.0. The Labute approximate surface area is 605 Å². The third-order valence-electron chi connectivity index (χ3n) is 24.0. The highest BCUT2D eigenvalue weighted by Gasteiger charge is 2.42. The van der Waals surface area contributed by atoms with E-state index < -0.39 is 0 Å². The first kappa shape index (κ1) is 60.3. The minimum atomic E-state index is -0.215. The number of benzene rings is 14. The third kappa shape index (κ3) is 8.25. The van der Waals surface area contributed by atoms with Crippen LogP contribution in [0.1, 0.15) is 99.9 Å². The van der Waals surface area contributed by atoms with E-state index in [4.69, 9.17) is 9.97 Å². The van der Waals surface area contributed by atoms with Crippen LogP contribution in [0.5, 0.6) is 0 Å². The summed E-state index contributed by atoms with van der Waals surface area (Å²) in [7, 11) is 0. The van der Waals surface area contributed by atoms with Crippen molar-refractivity contribution in [2.45, 2.75) is 77.0 Å². The molecule has 0 amide bonds. The van der Waals surface area contributed by atoms with Crippen molar-refractivity contribution in [1.82, 2.24) is 19.1 Å². The molecule has 0 fully saturated rings. The quantitative estimate of drug-likeness (QED) is 0.155. The second kappa shape index (κ2) is 21.5. The van der Waals surface area contributed by atoms with Crippen LogP contribution >= 0.6 is 0 Å². The lowest BCUT2D eigenvalue weighted by molar-refractivity contribution is 0.632. The molecule has 14 aromatic carbocycles. The van der Waals surface area contributed by atoms with Gasteiger partial charge in [0, 0.05) is 66.0 Å². The van der Waals surface area contributed by atoms with E-state index in [0.717, 1.165) is 99.8 Å². The topological polar surface area (TPSA) is 48.6 Å². The maximum absolute atomic E-state index is 5.82. The Bertz CT molecular complexity index is 5640. The van der Waals surface area contributed by atoms with Crippen LogP contribution in [-0.4, -0.2) is 19.1 Å². The first-order valence-electron chi connectivity index (χ1n) is 36.5. The predicted molar refractivity (Wildman–Crippen MR) is 433 cm³/mol. The minimum absolute atomic E-state index is 0.215. The molecule has 0 saturated heterocycles. The summed E-state index contributed by atoms with van der Waals surface area (Å²) in [6.45, 7) is 18.9. The van der Waals surface area contributed by atoms with Crippen molar-refractivity contribution in [3.05, 3.63) is 348 Å². The monoisotopic (exact) mass is 1340 g/mol. The fraction of sp³-hybridized carbons (Fsp3) is 0.125. The van der Waals surface area contributed by atoms with Gasteiger partial charge in [-0.1, -0.05) is 213 Å². The summed E-state index contributed by atoms with van der Waals surface area (Å²) in [5.74, 6) is 0. The number of para-hydroxylation sites is 10. The van der Waals surface area contributed by atoms with Crippen LogP contribution in [0, 0.1) is 0 Å². The van der Waals surface area contributed by atoms with Gasteiger partial charge in [-0.05, 0) is 190 Å². The standard InChI is InChI=1S/C96H74N8/c1-93(2)67-27-9-19-37-81(67)99(82-38-20-10-28-68(82)93)59-45-49-77-63(55-59)64-56-60(100-83-39-21-11-29-69(83)94(3,4)70-30-12-22-40-84(70)100)46-50-78(64)103(77)89-53-54-90(92-91(89)97-75-35-17-18-36-76(75)98-92)104-79-51-47-61(101-85-41-23-13-31-71(85)95(5,6)72-32-14-24-42-86(72)101)57-65(79)66-58-62(48-52-80(66)104)102-87-43-25-15-33-73(87)96(7,8)74-34-16-26-44-88(74)102/h9-58H,1-8H3. The Balaban J connectivity index is 0.822. The maximum Gasteiger partial charge on any atom is 0.116 e. The molecular weight excluding hydrogens is 1270 g/mol. The zero-order valence-corrected chi connectivity index (χ0v) is 59.4. The highest BCUT2D eigenvalue weighted by molar-refractivity contribution is 6.16. The number of hydrogen-bond acceptors (Lipinski definition) is 6. The molecule has 0 unspecified atom stereocenters. The largest absolute Gasteiger partial charge is 0.310 e. The van der Waals surface area contributed by atoms with Gasteiger partial charge in [0.2, 0.25) is 0 Å². The van der Waals surface area contributed by atoms with Crippen LogP contribution < -0.4 is 19.6 Å². The van der Waals surface area contributed by atoms with Gasteiger partial charge in [-0.25, -0.2) is 9.97 Å². The number of rotatable bonds is 6. The minimum Gasteiger partial charge on any atom is -0.310 e. The Morgan fingerprint density at radius 2 is 0.394 bits per heavy atom. The van der Waals surface area contributed by atoms with E-state index in [0.29, 0.717) is 0 Å². The Morgan fingerprint density at radius 3 is 0.606 bits per heavy atom. The summed E-state index contributed by atoms with van der Waals surface area (Å²) in [6.07, 6.45) is 0. The van der Waals surface area contributed by atoms with Gasteiger partial charge in [0.05, 0.1) is 90.0 Å². The number of nitrogens with zero attached hydrogens (tertiary/aromatic N) is 8. The summed E-state index contributed by atoms with van der Waals surface area (Å²) in [4.78, 5) is 21.6. The maximum atomic E-state index is 5.82. The fourth-order valence-corrected chi connectivity index (χ4v) is 18.9. The van der Waals surface area contributed by atoms with Crippen molar-refractivity contribution in [1.29, 1.82) is 0 Å². The van der Waals surface area contributed by atoms with Crippen LogP contribution in [0.15, 0.2) is 303 Å². The average Bonchev–Trinajstić information content (AvgIpc) is 1.53. The summed E-state index contributed by atoms with van der Waals surface area (Å²) in [5.41, 5.74) is 32.7. The van der Waals surface area contributed by atoms with Crippen molar-refractivity contribution in [2.24, 2.45) is 0 Å². The van der Waals surface area contributed by atoms with Gasteiger partial charge >= 0.3 is 0 Å². The first-order chi connectivity index (χ1) is 50.6. The summed E-state index contributed by atoms with van der Waals surface area (Å²) in [5, 5.41) is 4.51. The summed E-state index contributed by atoms with van der Waals surface area (Å²) >= 11 is 0. The van der Waals surface area contributed by atoms with E-state index in [2.05, 4.69) is 387 Å². The molecule has 8 heteroatoms. The highest BCUT2D eigenvalue weighted by atomic mass is 15.2. The van der Waals surface area contributed by atoms with Gasteiger partial charge in [-0.15, -0.1) is 0 Å². The molecular formula is C96H74N8. The van der Waals surface area contributed by atoms with Gasteiger partial charge in [0.15, 0.2) is 0 Å².